The van der Waals surface area contributed by atoms with Gasteiger partial charge in [0.15, 0.2) is 0 Å². The summed E-state index contributed by atoms with van der Waals surface area (Å²) in [5, 5.41) is 14.1. The molecule has 1 heterocycles. The third-order valence-electron chi connectivity index (χ3n) is 2.76. The van der Waals surface area contributed by atoms with E-state index in [0.717, 1.165) is 12.1 Å². The lowest BCUT2D eigenvalue weighted by molar-refractivity contribution is -0.159. The minimum absolute atomic E-state index is 0.0243. The molecule has 0 saturated carbocycles. The molecule has 1 aromatic carbocycles. The highest BCUT2D eigenvalue weighted by Gasteiger charge is 2.38. The van der Waals surface area contributed by atoms with Crippen LogP contribution in [-0.2, 0) is 6.18 Å². The molecule has 0 fully saturated rings. The highest BCUT2D eigenvalue weighted by molar-refractivity contribution is 5.94. The average Bonchev–Trinajstić information content (AvgIpc) is 2.97. The second-order valence-electron chi connectivity index (χ2n) is 4.45. The Bertz CT molecular complexity index is 700. The first-order valence-corrected chi connectivity index (χ1v) is 6.43. The van der Waals surface area contributed by atoms with E-state index in [0.29, 0.717) is 6.42 Å². The van der Waals surface area contributed by atoms with E-state index in [9.17, 15) is 22.4 Å². The average molecular weight is 333 g/mol. The van der Waals surface area contributed by atoms with Gasteiger partial charge in [-0.05, 0) is 24.6 Å². The second-order valence-corrected chi connectivity index (χ2v) is 4.45. The van der Waals surface area contributed by atoms with Crippen LogP contribution in [0.25, 0.3) is 11.4 Å². The van der Waals surface area contributed by atoms with Crippen molar-refractivity contribution in [1.82, 2.24) is 15.5 Å². The summed E-state index contributed by atoms with van der Waals surface area (Å²) in [6.07, 6.45) is -4.48. The first-order valence-electron chi connectivity index (χ1n) is 6.43. The molecule has 23 heavy (non-hydrogen) atoms. The number of hydrogen-bond donors (Lipinski definition) is 2. The van der Waals surface area contributed by atoms with Crippen LogP contribution in [0.1, 0.15) is 22.7 Å². The molecule has 0 bridgehead atoms. The highest BCUT2D eigenvalue weighted by atomic mass is 19.4. The summed E-state index contributed by atoms with van der Waals surface area (Å²) in [7, 11) is 0. The van der Waals surface area contributed by atoms with Crippen LogP contribution in [0.2, 0.25) is 0 Å². The fourth-order valence-corrected chi connectivity index (χ4v) is 1.67. The van der Waals surface area contributed by atoms with E-state index in [1.165, 1.54) is 6.07 Å². The molecule has 0 aliphatic rings. The number of carbonyl (C=O) groups is 1. The lowest BCUT2D eigenvalue weighted by Gasteiger charge is -2.05. The number of rotatable bonds is 5. The first-order chi connectivity index (χ1) is 10.8. The maximum Gasteiger partial charge on any atom is 0.471 e. The van der Waals surface area contributed by atoms with Gasteiger partial charge in [-0.2, -0.15) is 18.2 Å². The van der Waals surface area contributed by atoms with Crippen LogP contribution in [0, 0.1) is 5.82 Å². The minimum Gasteiger partial charge on any atom is -0.396 e. The SMILES string of the molecule is O=C(NCCCO)c1ccc(-c2noc(C(F)(F)F)n2)c(F)c1. The first kappa shape index (κ1) is 16.9. The molecule has 0 saturated heterocycles. The summed E-state index contributed by atoms with van der Waals surface area (Å²) >= 11 is 0. The maximum atomic E-state index is 14.0. The van der Waals surface area contributed by atoms with Crippen LogP contribution in [0.15, 0.2) is 22.7 Å². The molecular formula is C13H11F4N3O3. The maximum absolute atomic E-state index is 14.0. The van der Waals surface area contributed by atoms with Gasteiger partial charge in [0, 0.05) is 18.7 Å². The van der Waals surface area contributed by atoms with Crippen LogP contribution in [-0.4, -0.2) is 34.3 Å². The third kappa shape index (κ3) is 4.03. The molecule has 10 heteroatoms. The van der Waals surface area contributed by atoms with Gasteiger partial charge in [-0.1, -0.05) is 5.16 Å². The molecule has 2 N–H and O–H groups in total. The molecule has 0 atom stereocenters. The van der Waals surface area contributed by atoms with E-state index in [2.05, 4.69) is 20.0 Å². The number of carbonyl (C=O) groups excluding carboxylic acids is 1. The summed E-state index contributed by atoms with van der Waals surface area (Å²) in [5.41, 5.74) is -0.347. The van der Waals surface area contributed by atoms with Gasteiger partial charge in [0.1, 0.15) is 5.82 Å². The van der Waals surface area contributed by atoms with Crippen molar-refractivity contribution in [2.75, 3.05) is 13.2 Å². The molecule has 0 unspecified atom stereocenters. The fourth-order valence-electron chi connectivity index (χ4n) is 1.67. The molecular weight excluding hydrogens is 322 g/mol. The third-order valence-corrected chi connectivity index (χ3v) is 2.76. The van der Waals surface area contributed by atoms with Crippen LogP contribution >= 0.6 is 0 Å². The van der Waals surface area contributed by atoms with Gasteiger partial charge in [0.05, 0.1) is 5.56 Å². The second kappa shape index (κ2) is 6.73. The Morgan fingerprint density at radius 3 is 2.65 bits per heavy atom. The van der Waals surface area contributed by atoms with Crippen molar-refractivity contribution >= 4 is 5.91 Å². The van der Waals surface area contributed by atoms with Crippen LogP contribution < -0.4 is 5.32 Å². The fraction of sp³-hybridized carbons (Fsp3) is 0.308. The number of benzene rings is 1. The summed E-state index contributed by atoms with van der Waals surface area (Å²) in [4.78, 5) is 14.8. The number of nitrogens with zero attached hydrogens (tertiary/aromatic N) is 2. The van der Waals surface area contributed by atoms with Gasteiger partial charge < -0.3 is 14.9 Å². The molecule has 124 valence electrons. The number of amides is 1. The van der Waals surface area contributed by atoms with Crippen molar-refractivity contribution in [3.8, 4) is 11.4 Å². The topological polar surface area (TPSA) is 88.2 Å². The molecule has 0 radical (unpaired) electrons. The van der Waals surface area contributed by atoms with Crippen LogP contribution in [0.5, 0.6) is 0 Å². The lowest BCUT2D eigenvalue weighted by Crippen LogP contribution is -2.25. The number of aliphatic hydroxyl groups is 1. The molecule has 2 aromatic rings. The largest absolute Gasteiger partial charge is 0.471 e. The van der Waals surface area contributed by atoms with Crippen molar-refractivity contribution in [1.29, 1.82) is 0 Å². The Labute approximate surface area is 127 Å². The zero-order valence-electron chi connectivity index (χ0n) is 11.5. The molecule has 1 amide bonds. The van der Waals surface area contributed by atoms with Gasteiger partial charge in [0.25, 0.3) is 5.91 Å². The van der Waals surface area contributed by atoms with Crippen LogP contribution in [0.3, 0.4) is 0 Å². The number of aliphatic hydroxyl groups excluding tert-OH is 1. The lowest BCUT2D eigenvalue weighted by atomic mass is 10.1. The van der Waals surface area contributed by atoms with E-state index in [1.807, 2.05) is 0 Å². The predicted molar refractivity (Wildman–Crippen MR) is 68.7 cm³/mol. The number of aromatic nitrogens is 2. The Hall–Kier alpha value is -2.49. The molecule has 2 rings (SSSR count). The van der Waals surface area contributed by atoms with E-state index in [4.69, 9.17) is 5.11 Å². The van der Waals surface area contributed by atoms with E-state index < -0.39 is 29.6 Å². The number of halogens is 4. The number of nitrogens with one attached hydrogen (secondary N) is 1. The normalized spacial score (nSPS) is 11.5. The molecule has 0 spiro atoms. The van der Waals surface area contributed by atoms with E-state index >= 15 is 0 Å². The van der Waals surface area contributed by atoms with E-state index in [-0.39, 0.29) is 24.3 Å². The standard InChI is InChI=1S/C13H11F4N3O3/c14-9-6-7(11(22)18-4-1-5-21)2-3-8(9)10-19-12(23-20-10)13(15,16)17/h2-3,6,21H,1,4-5H2,(H,18,22). The summed E-state index contributed by atoms with van der Waals surface area (Å²) in [5.74, 6) is -3.69. The predicted octanol–water partition coefficient (Wildman–Crippen LogP) is 2.01. The Balaban J connectivity index is 2.19. The van der Waals surface area contributed by atoms with E-state index in [1.54, 1.807) is 0 Å². The smallest absolute Gasteiger partial charge is 0.396 e. The van der Waals surface area contributed by atoms with Crippen molar-refractivity contribution in [2.45, 2.75) is 12.6 Å². The Morgan fingerprint density at radius 1 is 1.35 bits per heavy atom. The summed E-state index contributed by atoms with van der Waals surface area (Å²) in [6, 6.07) is 3.16. The van der Waals surface area contributed by atoms with Gasteiger partial charge >= 0.3 is 12.1 Å². The monoisotopic (exact) mass is 333 g/mol. The molecule has 6 nitrogen and oxygen atoms in total. The van der Waals surface area contributed by atoms with Crippen molar-refractivity contribution in [3.63, 3.8) is 0 Å². The molecule has 0 aliphatic carbocycles. The zero-order chi connectivity index (χ0) is 17.0. The van der Waals surface area contributed by atoms with Crippen molar-refractivity contribution in [2.24, 2.45) is 0 Å². The quantitative estimate of drug-likeness (QED) is 0.645. The summed E-state index contributed by atoms with van der Waals surface area (Å²) in [6.45, 7) is 0.103. The Morgan fingerprint density at radius 2 is 2.09 bits per heavy atom. The number of hydrogen-bond acceptors (Lipinski definition) is 5. The Kier molecular flexibility index (Phi) is 4.94. The number of alkyl halides is 3. The van der Waals surface area contributed by atoms with Gasteiger partial charge in [-0.3, -0.25) is 4.79 Å². The van der Waals surface area contributed by atoms with Crippen LogP contribution in [0.4, 0.5) is 17.6 Å². The minimum atomic E-state index is -4.83. The highest BCUT2D eigenvalue weighted by Crippen LogP contribution is 2.30. The molecule has 0 aliphatic heterocycles. The van der Waals surface area contributed by atoms with Gasteiger partial charge in [0.2, 0.25) is 5.82 Å². The zero-order valence-corrected chi connectivity index (χ0v) is 11.5. The van der Waals surface area contributed by atoms with Crippen molar-refractivity contribution < 1.29 is 32.0 Å². The van der Waals surface area contributed by atoms with Gasteiger partial charge in [-0.15, -0.1) is 0 Å². The summed E-state index contributed by atoms with van der Waals surface area (Å²) < 4.78 is 55.1. The van der Waals surface area contributed by atoms with Crippen molar-refractivity contribution in [3.05, 3.63) is 35.5 Å². The molecule has 1 aromatic heterocycles. The van der Waals surface area contributed by atoms with Gasteiger partial charge in [-0.25, -0.2) is 4.39 Å².